The molecule has 4 unspecified atom stereocenters. The number of hydrogen-bond acceptors (Lipinski definition) is 5. The van der Waals surface area contributed by atoms with Gasteiger partial charge >= 0.3 is 0 Å². The second-order valence-corrected chi connectivity index (χ2v) is 10.9. The maximum atomic E-state index is 13.3. The molecule has 5 rings (SSSR count). The molecule has 0 aromatic heterocycles. The number of aliphatic hydroxyl groups is 1. The van der Waals surface area contributed by atoms with E-state index >= 15 is 0 Å². The Morgan fingerprint density at radius 3 is 2.58 bits per heavy atom. The molecule has 7 heteroatoms. The Kier molecular flexibility index (Phi) is 3.98. The van der Waals surface area contributed by atoms with Gasteiger partial charge in [-0.25, -0.2) is 0 Å². The largest absolute Gasteiger partial charge is 0.477 e. The van der Waals surface area contributed by atoms with Crippen LogP contribution in [-0.2, 0) is 22.0 Å². The van der Waals surface area contributed by atoms with E-state index in [2.05, 4.69) is 12.2 Å². The molecular weight excluding hydrogens is 414 g/mol. The molecule has 2 heterocycles. The molecule has 2 aliphatic heterocycles. The zero-order valence-corrected chi connectivity index (χ0v) is 19.0. The molecule has 2 N–H and O–H groups in total. The minimum absolute atomic E-state index is 0.176. The van der Waals surface area contributed by atoms with Crippen LogP contribution < -0.4 is 10.1 Å². The van der Waals surface area contributed by atoms with E-state index in [4.69, 9.17) is 4.74 Å². The van der Waals surface area contributed by atoms with Crippen LogP contribution in [0.15, 0.2) is 46.4 Å². The summed E-state index contributed by atoms with van der Waals surface area (Å²) >= 11 is 0. The third-order valence-electron chi connectivity index (χ3n) is 7.57. The Bertz CT molecular complexity index is 1210. The molecule has 31 heavy (non-hydrogen) atoms. The number of carbonyl (C=O) groups excluding carboxylic acids is 2. The van der Waals surface area contributed by atoms with Crippen LogP contribution in [0.3, 0.4) is 0 Å². The Morgan fingerprint density at radius 1 is 1.19 bits per heavy atom. The standard InChI is InChI=1S/C24H25NO5S/c1-12-6-9-16-22(2,3)19(26)15(31(5)29)11-24(16)23(12,4)10-13-7-8-14-17(18(13)30-24)21(28)25-20(14)27/h6-9,11,21,28H,10H2,1-5H3,(H,25,27). The molecule has 0 fully saturated rings. The fourth-order valence-corrected chi connectivity index (χ4v) is 6.42. The van der Waals surface area contributed by atoms with Gasteiger partial charge in [0, 0.05) is 11.7 Å². The molecule has 1 aromatic rings. The second kappa shape index (κ2) is 6.04. The minimum Gasteiger partial charge on any atom is -0.477 e. The van der Waals surface area contributed by atoms with Crippen molar-refractivity contribution in [1.29, 1.82) is 0 Å². The lowest BCUT2D eigenvalue weighted by Gasteiger charge is -2.58. The maximum absolute atomic E-state index is 13.3. The van der Waals surface area contributed by atoms with Gasteiger partial charge in [0.25, 0.3) is 5.91 Å². The lowest BCUT2D eigenvalue weighted by atomic mass is 9.52. The summed E-state index contributed by atoms with van der Waals surface area (Å²) in [6.45, 7) is 7.81. The van der Waals surface area contributed by atoms with Crippen LogP contribution in [0.1, 0.15) is 55.4 Å². The smallest absolute Gasteiger partial charge is 0.254 e. The summed E-state index contributed by atoms with van der Waals surface area (Å²) < 4.78 is 19.4. The number of benzene rings is 1. The van der Waals surface area contributed by atoms with Gasteiger partial charge in [0.1, 0.15) is 5.75 Å². The molecule has 0 saturated carbocycles. The molecule has 2 aliphatic carbocycles. The molecule has 0 saturated heterocycles. The third kappa shape index (κ3) is 2.33. The predicted molar refractivity (Wildman–Crippen MR) is 117 cm³/mol. The van der Waals surface area contributed by atoms with E-state index in [0.717, 1.165) is 16.7 Å². The molecule has 4 atom stereocenters. The minimum atomic E-state index is -1.49. The lowest BCUT2D eigenvalue weighted by Crippen LogP contribution is -2.62. The van der Waals surface area contributed by atoms with Gasteiger partial charge in [-0.15, -0.1) is 0 Å². The first-order valence-electron chi connectivity index (χ1n) is 10.3. The molecule has 162 valence electrons. The maximum Gasteiger partial charge on any atom is 0.254 e. The quantitative estimate of drug-likeness (QED) is 0.702. The Balaban J connectivity index is 1.85. The van der Waals surface area contributed by atoms with Gasteiger partial charge in [-0.3, -0.25) is 13.8 Å². The molecule has 0 bridgehead atoms. The van der Waals surface area contributed by atoms with Crippen LogP contribution in [0.5, 0.6) is 5.75 Å². The molecule has 6 nitrogen and oxygen atoms in total. The van der Waals surface area contributed by atoms with E-state index in [9.17, 15) is 18.9 Å². The average molecular weight is 440 g/mol. The highest BCUT2D eigenvalue weighted by atomic mass is 32.2. The van der Waals surface area contributed by atoms with Gasteiger partial charge in [0.05, 0.1) is 32.2 Å². The monoisotopic (exact) mass is 439 g/mol. The van der Waals surface area contributed by atoms with Gasteiger partial charge < -0.3 is 15.2 Å². The van der Waals surface area contributed by atoms with E-state index in [-0.39, 0.29) is 16.6 Å². The normalized spacial score (nSPS) is 33.5. The van der Waals surface area contributed by atoms with Crippen LogP contribution >= 0.6 is 0 Å². The van der Waals surface area contributed by atoms with Crippen molar-refractivity contribution >= 4 is 22.5 Å². The lowest BCUT2D eigenvalue weighted by molar-refractivity contribution is -0.124. The first-order valence-corrected chi connectivity index (χ1v) is 11.8. The number of carbonyl (C=O) groups is 2. The van der Waals surface area contributed by atoms with Crippen LogP contribution in [0, 0.1) is 10.8 Å². The number of rotatable bonds is 1. The van der Waals surface area contributed by atoms with Crippen LogP contribution in [0.2, 0.25) is 0 Å². The van der Waals surface area contributed by atoms with Gasteiger partial charge in [0.15, 0.2) is 17.6 Å². The van der Waals surface area contributed by atoms with E-state index in [1.54, 1.807) is 12.1 Å². The molecule has 1 spiro atoms. The molecule has 1 aromatic carbocycles. The summed E-state index contributed by atoms with van der Waals surface area (Å²) in [6, 6.07) is 3.59. The summed E-state index contributed by atoms with van der Waals surface area (Å²) in [6.07, 6.45) is 6.64. The van der Waals surface area contributed by atoms with Gasteiger partial charge in [-0.1, -0.05) is 30.7 Å². The average Bonchev–Trinajstić information content (AvgIpc) is 2.98. The van der Waals surface area contributed by atoms with Crippen LogP contribution in [-0.4, -0.2) is 32.9 Å². The van der Waals surface area contributed by atoms with Crippen molar-refractivity contribution in [1.82, 2.24) is 5.32 Å². The number of Topliss-reactive ketones (excluding diaryl/α,β-unsaturated/α-hetero) is 1. The van der Waals surface area contributed by atoms with Crippen molar-refractivity contribution in [2.24, 2.45) is 10.8 Å². The van der Waals surface area contributed by atoms with Crippen molar-refractivity contribution < 1.29 is 23.6 Å². The van der Waals surface area contributed by atoms with Crippen molar-refractivity contribution in [3.05, 3.63) is 63.1 Å². The van der Waals surface area contributed by atoms with Gasteiger partial charge in [-0.05, 0) is 50.5 Å². The fraction of sp³-hybridized carbons (Fsp3) is 0.417. The third-order valence-corrected chi connectivity index (χ3v) is 8.49. The fourth-order valence-electron chi connectivity index (χ4n) is 5.57. The number of hydrogen-bond donors (Lipinski definition) is 2. The Hall–Kier alpha value is -2.51. The van der Waals surface area contributed by atoms with Crippen molar-refractivity contribution in [2.45, 2.75) is 45.9 Å². The highest BCUT2D eigenvalue weighted by Crippen LogP contribution is 2.62. The van der Waals surface area contributed by atoms with E-state index in [1.807, 2.05) is 39.0 Å². The topological polar surface area (TPSA) is 92.7 Å². The summed E-state index contributed by atoms with van der Waals surface area (Å²) in [7, 11) is -1.49. The molecule has 1 amide bonds. The van der Waals surface area contributed by atoms with Crippen molar-refractivity contribution in [3.8, 4) is 5.75 Å². The van der Waals surface area contributed by atoms with Crippen molar-refractivity contribution in [3.63, 3.8) is 0 Å². The second-order valence-electron chi connectivity index (χ2n) is 9.58. The van der Waals surface area contributed by atoms with E-state index in [0.29, 0.717) is 23.3 Å². The molecular formula is C24H25NO5S. The van der Waals surface area contributed by atoms with E-state index < -0.39 is 33.5 Å². The zero-order valence-electron chi connectivity index (χ0n) is 18.2. The molecule has 4 aliphatic rings. The van der Waals surface area contributed by atoms with Crippen molar-refractivity contribution in [2.75, 3.05) is 6.26 Å². The zero-order chi connectivity index (χ0) is 22.5. The van der Waals surface area contributed by atoms with Crippen LogP contribution in [0.4, 0.5) is 0 Å². The van der Waals surface area contributed by atoms with Gasteiger partial charge in [-0.2, -0.15) is 0 Å². The summed E-state index contributed by atoms with van der Waals surface area (Å²) in [5.74, 6) is -0.0607. The summed E-state index contributed by atoms with van der Waals surface area (Å²) in [5, 5.41) is 13.1. The highest BCUT2D eigenvalue weighted by Gasteiger charge is 2.63. The number of ketones is 1. The number of aliphatic hydroxyl groups excluding tert-OH is 1. The summed E-state index contributed by atoms with van der Waals surface area (Å²) in [4.78, 5) is 25.8. The highest BCUT2D eigenvalue weighted by molar-refractivity contribution is 7.89. The SMILES string of the molecule is CC1=CC=C2C(C)(C)C(=O)C(S(C)=O)=CC23Oc2c(ccc4c2C(O)NC4=O)CC13C. The number of allylic oxidation sites excluding steroid dienone is 3. The van der Waals surface area contributed by atoms with Gasteiger partial charge in [0.2, 0.25) is 0 Å². The number of ether oxygens (including phenoxy) is 1. The first kappa shape index (κ1) is 20.4. The summed E-state index contributed by atoms with van der Waals surface area (Å²) in [5.41, 5.74) is 1.05. The number of amides is 1. The predicted octanol–water partition coefficient (Wildman–Crippen LogP) is 2.86. The van der Waals surface area contributed by atoms with Crippen LogP contribution in [0.25, 0.3) is 0 Å². The number of nitrogens with one attached hydrogen (secondary N) is 1. The number of fused-ring (bicyclic) bond motifs is 3. The Morgan fingerprint density at radius 2 is 1.90 bits per heavy atom. The Labute approximate surface area is 183 Å². The molecule has 0 radical (unpaired) electrons. The van der Waals surface area contributed by atoms with E-state index in [1.165, 1.54) is 6.26 Å². The first-order chi connectivity index (χ1) is 14.4.